The zero-order chi connectivity index (χ0) is 20.7. The SMILES string of the molecule is CO[C@@H]1O[C@H](COC(C)=O)[C@H](OC(C)=O)[C@@H](OC)[C@@H]1NC(=O)c1ccccc1. The molecule has 0 saturated carbocycles. The van der Waals surface area contributed by atoms with E-state index >= 15 is 0 Å². The standard InChI is InChI=1S/C19H25NO8/c1-11(21)26-10-14-16(27-12(2)22)17(24-3)15(19(25-4)28-14)20-18(23)13-8-6-5-7-9-13/h5-9,14-17,19H,10H2,1-4H3,(H,20,23)/t14-,15+,16+,17+,19-/m1/s1. The van der Waals surface area contributed by atoms with Crippen LogP contribution in [-0.2, 0) is 33.3 Å². The second-order valence-electron chi connectivity index (χ2n) is 6.22. The van der Waals surface area contributed by atoms with Gasteiger partial charge in [0, 0.05) is 33.6 Å². The monoisotopic (exact) mass is 395 g/mol. The van der Waals surface area contributed by atoms with Gasteiger partial charge in [-0.1, -0.05) is 18.2 Å². The van der Waals surface area contributed by atoms with Crippen LogP contribution in [0.4, 0.5) is 0 Å². The van der Waals surface area contributed by atoms with E-state index in [1.165, 1.54) is 28.1 Å². The molecule has 0 bridgehead atoms. The Hall–Kier alpha value is -2.49. The number of amides is 1. The van der Waals surface area contributed by atoms with Gasteiger partial charge in [0.2, 0.25) is 0 Å². The molecule has 1 N–H and O–H groups in total. The third-order valence-corrected chi connectivity index (χ3v) is 4.24. The minimum atomic E-state index is -0.922. The molecule has 154 valence electrons. The molecule has 0 aromatic heterocycles. The Kier molecular flexibility index (Phi) is 7.91. The Morgan fingerprint density at radius 2 is 1.68 bits per heavy atom. The average molecular weight is 395 g/mol. The molecule has 28 heavy (non-hydrogen) atoms. The van der Waals surface area contributed by atoms with Crippen LogP contribution in [-0.4, -0.2) is 69.3 Å². The first-order valence-electron chi connectivity index (χ1n) is 8.75. The largest absolute Gasteiger partial charge is 0.463 e. The molecule has 1 saturated heterocycles. The first kappa shape index (κ1) is 21.8. The number of methoxy groups -OCH3 is 2. The van der Waals surface area contributed by atoms with Crippen LogP contribution in [0.5, 0.6) is 0 Å². The Balaban J connectivity index is 2.26. The van der Waals surface area contributed by atoms with Gasteiger partial charge in [-0.05, 0) is 12.1 Å². The van der Waals surface area contributed by atoms with Crippen LogP contribution in [0.2, 0.25) is 0 Å². The predicted molar refractivity (Wildman–Crippen MR) is 96.4 cm³/mol. The molecule has 9 heteroatoms. The number of carbonyl (C=O) groups excluding carboxylic acids is 3. The minimum Gasteiger partial charge on any atom is -0.463 e. The molecule has 1 fully saturated rings. The summed E-state index contributed by atoms with van der Waals surface area (Å²) < 4.78 is 27.1. The summed E-state index contributed by atoms with van der Waals surface area (Å²) in [6, 6.07) is 7.83. The van der Waals surface area contributed by atoms with Crippen molar-refractivity contribution in [2.75, 3.05) is 20.8 Å². The van der Waals surface area contributed by atoms with Crippen LogP contribution < -0.4 is 5.32 Å². The van der Waals surface area contributed by atoms with Crippen molar-refractivity contribution < 1.29 is 38.1 Å². The highest BCUT2D eigenvalue weighted by molar-refractivity contribution is 5.94. The molecular weight excluding hydrogens is 370 g/mol. The highest BCUT2D eigenvalue weighted by atomic mass is 16.7. The van der Waals surface area contributed by atoms with E-state index in [0.717, 1.165) is 0 Å². The third-order valence-electron chi connectivity index (χ3n) is 4.24. The van der Waals surface area contributed by atoms with E-state index in [4.69, 9.17) is 23.7 Å². The van der Waals surface area contributed by atoms with E-state index in [1.54, 1.807) is 30.3 Å². The number of ether oxygens (including phenoxy) is 5. The number of nitrogens with one attached hydrogen (secondary N) is 1. The van der Waals surface area contributed by atoms with Gasteiger partial charge in [-0.25, -0.2) is 0 Å². The van der Waals surface area contributed by atoms with Crippen molar-refractivity contribution in [1.29, 1.82) is 0 Å². The summed E-state index contributed by atoms with van der Waals surface area (Å²) in [4.78, 5) is 35.4. The number of hydrogen-bond donors (Lipinski definition) is 1. The zero-order valence-corrected chi connectivity index (χ0v) is 16.2. The van der Waals surface area contributed by atoms with E-state index in [0.29, 0.717) is 5.56 Å². The molecule has 1 amide bonds. The molecular formula is C19H25NO8. The second kappa shape index (κ2) is 10.2. The normalized spacial score (nSPS) is 26.9. The Bertz CT molecular complexity index is 680. The van der Waals surface area contributed by atoms with Crippen molar-refractivity contribution in [2.45, 2.75) is 44.5 Å². The number of esters is 2. The van der Waals surface area contributed by atoms with Crippen molar-refractivity contribution in [2.24, 2.45) is 0 Å². The molecule has 1 heterocycles. The average Bonchev–Trinajstić information content (AvgIpc) is 2.67. The molecule has 0 radical (unpaired) electrons. The Morgan fingerprint density at radius 1 is 1.00 bits per heavy atom. The Morgan fingerprint density at radius 3 is 2.21 bits per heavy atom. The lowest BCUT2D eigenvalue weighted by Gasteiger charge is -2.44. The smallest absolute Gasteiger partial charge is 0.303 e. The van der Waals surface area contributed by atoms with Crippen LogP contribution in [0.1, 0.15) is 24.2 Å². The van der Waals surface area contributed by atoms with Crippen molar-refractivity contribution in [3.63, 3.8) is 0 Å². The fourth-order valence-electron chi connectivity index (χ4n) is 3.03. The molecule has 0 aliphatic carbocycles. The number of rotatable bonds is 7. The van der Waals surface area contributed by atoms with Crippen molar-refractivity contribution in [3.05, 3.63) is 35.9 Å². The molecule has 9 nitrogen and oxygen atoms in total. The summed E-state index contributed by atoms with van der Waals surface area (Å²) in [6.45, 7) is 2.34. The predicted octanol–water partition coefficient (Wildman–Crippen LogP) is 0.666. The molecule has 1 aromatic rings. The Labute approximate surface area is 163 Å². The van der Waals surface area contributed by atoms with E-state index in [9.17, 15) is 14.4 Å². The van der Waals surface area contributed by atoms with Gasteiger partial charge in [-0.2, -0.15) is 0 Å². The van der Waals surface area contributed by atoms with Gasteiger partial charge in [-0.3, -0.25) is 14.4 Å². The van der Waals surface area contributed by atoms with Crippen LogP contribution in [0, 0.1) is 0 Å². The molecule has 1 aromatic carbocycles. The van der Waals surface area contributed by atoms with Gasteiger partial charge >= 0.3 is 11.9 Å². The van der Waals surface area contributed by atoms with Crippen LogP contribution in [0.25, 0.3) is 0 Å². The van der Waals surface area contributed by atoms with Crippen molar-refractivity contribution in [3.8, 4) is 0 Å². The third kappa shape index (κ3) is 5.51. The summed E-state index contributed by atoms with van der Waals surface area (Å²) in [5, 5.41) is 2.81. The molecule has 5 atom stereocenters. The summed E-state index contributed by atoms with van der Waals surface area (Å²) in [5.41, 5.74) is 0.443. The van der Waals surface area contributed by atoms with Crippen molar-refractivity contribution >= 4 is 17.8 Å². The zero-order valence-electron chi connectivity index (χ0n) is 16.2. The van der Waals surface area contributed by atoms with Gasteiger partial charge in [-0.15, -0.1) is 0 Å². The van der Waals surface area contributed by atoms with Crippen molar-refractivity contribution in [1.82, 2.24) is 5.32 Å². The maximum absolute atomic E-state index is 12.6. The van der Waals surface area contributed by atoms with Crippen LogP contribution >= 0.6 is 0 Å². The second-order valence-corrected chi connectivity index (χ2v) is 6.22. The molecule has 2 rings (SSSR count). The summed E-state index contributed by atoms with van der Waals surface area (Å²) in [6.07, 6.45) is -3.46. The first-order valence-corrected chi connectivity index (χ1v) is 8.75. The molecule has 1 aliphatic rings. The highest BCUT2D eigenvalue weighted by Gasteiger charge is 2.49. The highest BCUT2D eigenvalue weighted by Crippen LogP contribution is 2.27. The topological polar surface area (TPSA) is 109 Å². The lowest BCUT2D eigenvalue weighted by atomic mass is 9.96. The van der Waals surface area contributed by atoms with Gasteiger partial charge in [0.05, 0.1) is 0 Å². The number of carbonyl (C=O) groups is 3. The van der Waals surface area contributed by atoms with E-state index in [-0.39, 0.29) is 12.5 Å². The van der Waals surface area contributed by atoms with Crippen LogP contribution in [0.3, 0.4) is 0 Å². The quantitative estimate of drug-likeness (QED) is 0.671. The molecule has 0 unspecified atom stereocenters. The van der Waals surface area contributed by atoms with Gasteiger partial charge in [0.1, 0.15) is 24.9 Å². The maximum atomic E-state index is 12.6. The summed E-state index contributed by atoms with van der Waals surface area (Å²) in [7, 11) is 2.83. The van der Waals surface area contributed by atoms with Gasteiger partial charge in [0.15, 0.2) is 12.4 Å². The lowest BCUT2D eigenvalue weighted by Crippen LogP contribution is -2.66. The van der Waals surface area contributed by atoms with Crippen LogP contribution in [0.15, 0.2) is 30.3 Å². The number of hydrogen-bond acceptors (Lipinski definition) is 8. The minimum absolute atomic E-state index is 0.160. The first-order chi connectivity index (χ1) is 13.4. The van der Waals surface area contributed by atoms with E-state index < -0.39 is 42.6 Å². The fraction of sp³-hybridized carbons (Fsp3) is 0.526. The maximum Gasteiger partial charge on any atom is 0.303 e. The molecule has 0 spiro atoms. The fourth-order valence-corrected chi connectivity index (χ4v) is 3.03. The van der Waals surface area contributed by atoms with E-state index in [1.807, 2.05) is 0 Å². The summed E-state index contributed by atoms with van der Waals surface area (Å²) >= 11 is 0. The molecule has 1 aliphatic heterocycles. The van der Waals surface area contributed by atoms with Gasteiger partial charge in [0.25, 0.3) is 5.91 Å². The lowest BCUT2D eigenvalue weighted by molar-refractivity contribution is -0.271. The number of benzene rings is 1. The summed E-state index contributed by atoms with van der Waals surface area (Å²) in [5.74, 6) is -1.43. The van der Waals surface area contributed by atoms with Gasteiger partial charge < -0.3 is 29.0 Å². The van der Waals surface area contributed by atoms with E-state index in [2.05, 4.69) is 5.32 Å².